The number of aromatic carboxylic acids is 1. The molecule has 0 aromatic carbocycles. The number of nitrogens with zero attached hydrogens (tertiary/aromatic N) is 1. The third kappa shape index (κ3) is 5.54. The Balaban J connectivity index is 2.28. The van der Waals surface area contributed by atoms with Gasteiger partial charge in [0.25, 0.3) is 0 Å². The average molecular weight is 301 g/mol. The number of carboxylic acid groups (broad SMARTS) is 1. The molecule has 2 amide bonds. The molecule has 3 N–H and O–H groups in total. The van der Waals surface area contributed by atoms with Crippen LogP contribution in [0.25, 0.3) is 0 Å². The predicted octanol–water partition coefficient (Wildman–Crippen LogP) is 1.11. The highest BCUT2D eigenvalue weighted by atomic mass is 32.1. The summed E-state index contributed by atoms with van der Waals surface area (Å²) < 4.78 is 4.99. The number of amides is 2. The second kappa shape index (κ2) is 8.49. The molecule has 8 heteroatoms. The summed E-state index contributed by atoms with van der Waals surface area (Å²) in [5, 5.41) is 16.4. The van der Waals surface area contributed by atoms with Crippen LogP contribution < -0.4 is 10.6 Å². The van der Waals surface area contributed by atoms with E-state index in [0.717, 1.165) is 6.42 Å². The van der Waals surface area contributed by atoms with Crippen molar-refractivity contribution < 1.29 is 19.4 Å². The fourth-order valence-electron chi connectivity index (χ4n) is 1.51. The van der Waals surface area contributed by atoms with Crippen LogP contribution in [-0.4, -0.2) is 48.4 Å². The van der Waals surface area contributed by atoms with Gasteiger partial charge in [0.05, 0.1) is 17.7 Å². The van der Waals surface area contributed by atoms with Gasteiger partial charge in [0, 0.05) is 25.5 Å². The number of methoxy groups -OCH3 is 1. The minimum absolute atomic E-state index is 0.0153. The number of carboxylic acids is 1. The number of aromatic nitrogens is 1. The van der Waals surface area contributed by atoms with Gasteiger partial charge in [-0.15, -0.1) is 11.3 Å². The number of hydrogen-bond acceptors (Lipinski definition) is 5. The van der Waals surface area contributed by atoms with Crippen molar-refractivity contribution in [3.8, 4) is 0 Å². The Labute approximate surface area is 121 Å². The molecule has 0 saturated carbocycles. The molecule has 1 unspecified atom stereocenters. The van der Waals surface area contributed by atoms with Gasteiger partial charge in [0.1, 0.15) is 0 Å². The molecule has 0 aliphatic carbocycles. The summed E-state index contributed by atoms with van der Waals surface area (Å²) in [6.07, 6.45) is 1.29. The lowest BCUT2D eigenvalue weighted by atomic mass is 10.2. The molecule has 7 nitrogen and oxygen atoms in total. The highest BCUT2D eigenvalue weighted by Crippen LogP contribution is 2.09. The Morgan fingerprint density at radius 3 is 2.85 bits per heavy atom. The molecule has 1 rings (SSSR count). The predicted molar refractivity (Wildman–Crippen MR) is 75.3 cm³/mol. The summed E-state index contributed by atoms with van der Waals surface area (Å²) in [5.74, 6) is -1.04. The number of nitrogens with one attached hydrogen (secondary N) is 2. The van der Waals surface area contributed by atoms with Crippen molar-refractivity contribution in [2.75, 3.05) is 20.3 Å². The molecule has 1 heterocycles. The Kier molecular flexibility index (Phi) is 6.96. The van der Waals surface area contributed by atoms with Crippen LogP contribution in [0, 0.1) is 0 Å². The number of thiazole rings is 1. The van der Waals surface area contributed by atoms with E-state index in [2.05, 4.69) is 15.6 Å². The van der Waals surface area contributed by atoms with E-state index < -0.39 is 5.97 Å². The van der Waals surface area contributed by atoms with Crippen LogP contribution in [-0.2, 0) is 11.2 Å². The van der Waals surface area contributed by atoms with E-state index in [4.69, 9.17) is 9.84 Å². The first-order valence-corrected chi connectivity index (χ1v) is 7.15. The molecule has 112 valence electrons. The van der Waals surface area contributed by atoms with Gasteiger partial charge in [0.2, 0.25) is 0 Å². The smallest absolute Gasteiger partial charge is 0.355 e. The molecule has 0 spiro atoms. The van der Waals surface area contributed by atoms with E-state index in [9.17, 15) is 9.59 Å². The molecule has 1 aromatic rings. The molecular weight excluding hydrogens is 282 g/mol. The maximum atomic E-state index is 11.6. The summed E-state index contributed by atoms with van der Waals surface area (Å²) in [6, 6.07) is -0.276. The Hall–Kier alpha value is -1.67. The van der Waals surface area contributed by atoms with Crippen molar-refractivity contribution in [3.63, 3.8) is 0 Å². The lowest BCUT2D eigenvalue weighted by Crippen LogP contribution is -2.44. The van der Waals surface area contributed by atoms with Crippen LogP contribution in [0.5, 0.6) is 0 Å². The minimum Gasteiger partial charge on any atom is -0.476 e. The van der Waals surface area contributed by atoms with E-state index in [1.54, 1.807) is 7.11 Å². The Morgan fingerprint density at radius 2 is 2.30 bits per heavy atom. The summed E-state index contributed by atoms with van der Waals surface area (Å²) in [4.78, 5) is 26.2. The minimum atomic E-state index is -1.04. The highest BCUT2D eigenvalue weighted by molar-refractivity contribution is 7.09. The third-order valence-electron chi connectivity index (χ3n) is 2.59. The van der Waals surface area contributed by atoms with E-state index in [0.29, 0.717) is 24.6 Å². The first-order chi connectivity index (χ1) is 9.56. The third-order valence-corrected chi connectivity index (χ3v) is 3.50. The second-order valence-electron chi connectivity index (χ2n) is 4.14. The van der Waals surface area contributed by atoms with Gasteiger partial charge in [-0.25, -0.2) is 14.6 Å². The summed E-state index contributed by atoms with van der Waals surface area (Å²) in [5.41, 5.74) is 0.0422. The lowest BCUT2D eigenvalue weighted by Gasteiger charge is -2.16. The lowest BCUT2D eigenvalue weighted by molar-refractivity contribution is 0.0691. The fourth-order valence-corrected chi connectivity index (χ4v) is 2.28. The van der Waals surface area contributed by atoms with Crippen LogP contribution in [0.15, 0.2) is 5.38 Å². The van der Waals surface area contributed by atoms with Gasteiger partial charge in [-0.2, -0.15) is 0 Å². The van der Waals surface area contributed by atoms with Gasteiger partial charge < -0.3 is 20.5 Å². The number of carbonyl (C=O) groups excluding carboxylic acids is 1. The zero-order chi connectivity index (χ0) is 15.0. The number of hydrogen-bond donors (Lipinski definition) is 3. The van der Waals surface area contributed by atoms with Crippen LogP contribution in [0.2, 0.25) is 0 Å². The molecule has 0 aliphatic heterocycles. The summed E-state index contributed by atoms with van der Waals surface area (Å²) in [7, 11) is 1.59. The van der Waals surface area contributed by atoms with Gasteiger partial charge >= 0.3 is 12.0 Å². The highest BCUT2D eigenvalue weighted by Gasteiger charge is 2.11. The molecule has 0 aliphatic rings. The van der Waals surface area contributed by atoms with Crippen molar-refractivity contribution in [1.82, 2.24) is 15.6 Å². The van der Waals surface area contributed by atoms with Crippen molar-refractivity contribution in [1.29, 1.82) is 0 Å². The van der Waals surface area contributed by atoms with Crippen LogP contribution in [0.1, 0.15) is 28.8 Å². The van der Waals surface area contributed by atoms with E-state index >= 15 is 0 Å². The largest absolute Gasteiger partial charge is 0.476 e. The molecule has 0 saturated heterocycles. The number of urea groups is 1. The van der Waals surface area contributed by atoms with E-state index in [1.165, 1.54) is 16.7 Å². The quantitative estimate of drug-likeness (QED) is 0.668. The Morgan fingerprint density at radius 1 is 1.55 bits per heavy atom. The molecule has 0 bridgehead atoms. The maximum Gasteiger partial charge on any atom is 0.355 e. The number of rotatable bonds is 8. The summed E-state index contributed by atoms with van der Waals surface area (Å²) >= 11 is 1.27. The Bertz CT molecular complexity index is 450. The SMILES string of the molecule is CCC(COC)NC(=O)NCCc1nc(C(=O)O)cs1. The zero-order valence-electron chi connectivity index (χ0n) is 11.5. The molecule has 0 radical (unpaired) electrons. The normalized spacial score (nSPS) is 11.9. The molecule has 1 aromatic heterocycles. The first-order valence-electron chi connectivity index (χ1n) is 6.27. The standard InChI is InChI=1S/C12H19N3O4S/c1-3-8(6-19-2)14-12(18)13-5-4-10-15-9(7-20-10)11(16)17/h7-8H,3-6H2,1-2H3,(H,16,17)(H2,13,14,18). The first kappa shape index (κ1) is 16.4. The van der Waals surface area contributed by atoms with E-state index in [1.807, 2.05) is 6.92 Å². The van der Waals surface area contributed by atoms with E-state index in [-0.39, 0.29) is 17.8 Å². The number of ether oxygens (including phenoxy) is 1. The van der Waals surface area contributed by atoms with Crippen molar-refractivity contribution in [2.45, 2.75) is 25.8 Å². The topological polar surface area (TPSA) is 101 Å². The van der Waals surface area contributed by atoms with Crippen molar-refractivity contribution in [2.24, 2.45) is 0 Å². The monoisotopic (exact) mass is 301 g/mol. The van der Waals surface area contributed by atoms with Crippen LogP contribution >= 0.6 is 11.3 Å². The van der Waals surface area contributed by atoms with Gasteiger partial charge in [-0.3, -0.25) is 0 Å². The van der Waals surface area contributed by atoms with Crippen molar-refractivity contribution >= 4 is 23.3 Å². The fraction of sp³-hybridized carbons (Fsp3) is 0.583. The maximum absolute atomic E-state index is 11.6. The molecule has 0 fully saturated rings. The van der Waals surface area contributed by atoms with Crippen LogP contribution in [0.4, 0.5) is 4.79 Å². The molecular formula is C12H19N3O4S. The van der Waals surface area contributed by atoms with Gasteiger partial charge in [-0.05, 0) is 6.42 Å². The number of carbonyl (C=O) groups is 2. The van der Waals surface area contributed by atoms with Crippen LogP contribution in [0.3, 0.4) is 0 Å². The van der Waals surface area contributed by atoms with Gasteiger partial charge in [-0.1, -0.05) is 6.92 Å². The average Bonchev–Trinajstić information content (AvgIpc) is 2.87. The van der Waals surface area contributed by atoms with Gasteiger partial charge in [0.15, 0.2) is 5.69 Å². The van der Waals surface area contributed by atoms with Crippen molar-refractivity contribution in [3.05, 3.63) is 16.1 Å². The second-order valence-corrected chi connectivity index (χ2v) is 5.09. The zero-order valence-corrected chi connectivity index (χ0v) is 12.3. The summed E-state index contributed by atoms with van der Waals surface area (Å²) in [6.45, 7) is 2.84. The molecule has 20 heavy (non-hydrogen) atoms. The molecule has 1 atom stereocenters.